The lowest BCUT2D eigenvalue weighted by atomic mass is 9.89. The number of carbonyl (C=O) groups excluding carboxylic acids is 8. The maximum Gasteiger partial charge on any atom is 0.312 e. The minimum atomic E-state index is -1.09. The molecular weight excluding hydrogens is 1120 g/mol. The number of hydrogen-bond acceptors (Lipinski definition) is 17. The summed E-state index contributed by atoms with van der Waals surface area (Å²) in [6.07, 6.45) is 0.991. The molecule has 11 atom stereocenters. The van der Waals surface area contributed by atoms with Crippen molar-refractivity contribution in [1.82, 2.24) is 51.8 Å². The van der Waals surface area contributed by atoms with E-state index < -0.39 is 90.1 Å². The first kappa shape index (κ1) is 76.9. The lowest BCUT2D eigenvalue weighted by Crippen LogP contribution is -2.59. The number of likely N-dealkylation sites (N-methyl/N-ethyl adjacent to an activating group) is 2. The number of ether oxygens (including phenoxy) is 4. The molecule has 1 heterocycles. The van der Waals surface area contributed by atoms with Gasteiger partial charge in [-0.25, -0.2) is 10.2 Å². The topological polar surface area (TPSA) is 371 Å². The van der Waals surface area contributed by atoms with Crippen molar-refractivity contribution in [2.45, 2.75) is 168 Å². The third-order valence-corrected chi connectivity index (χ3v) is 15.8. The standard InChI is InChI=1S/C59H106N16O12/c1-16-39(8)52(73(13)58(82)50(37(4)5)70-57(81)51(38(6)7)72(11)12)46(84-14)34-48(77)74-27-18-20-45(74)53(85-15)40(9)54(78)67-43(35-65-71-61)33-41-21-23-42(24-22-41)66-55(79)44(19-17-26-64-59(60)83)68-56(80)49(36(2)3)69-47(76)25-29-86-31-32-87-30-28-75(62)63-10/h21-24,36-40,43-46,49-53,63H,16-20,25-35,62H2,1-15H3,(H,66,79)(H,67,78)(H,68,80)(H,69,76)(H,70,81)(H3,60,64,83)/t39-,40+,43-,44-,45-,46+,49-,50-,51-,52-,53+/m0/s1. The third kappa shape index (κ3) is 26.2. The third-order valence-electron chi connectivity index (χ3n) is 15.8. The van der Waals surface area contributed by atoms with E-state index in [9.17, 15) is 43.9 Å². The fourth-order valence-electron chi connectivity index (χ4n) is 10.9. The van der Waals surface area contributed by atoms with Gasteiger partial charge in [-0.2, -0.15) is 5.12 Å². The Morgan fingerprint density at radius 2 is 1.45 bits per heavy atom. The molecule has 1 fully saturated rings. The molecule has 0 bridgehead atoms. The molecule has 1 saturated heterocycles. The molecule has 1 aliphatic heterocycles. The first-order valence-corrected chi connectivity index (χ1v) is 30.5. The van der Waals surface area contributed by atoms with Gasteiger partial charge in [0, 0.05) is 71.0 Å². The summed E-state index contributed by atoms with van der Waals surface area (Å²) in [4.78, 5) is 117. The summed E-state index contributed by atoms with van der Waals surface area (Å²) < 4.78 is 23.1. The van der Waals surface area contributed by atoms with Gasteiger partial charge < -0.3 is 66.4 Å². The van der Waals surface area contributed by atoms with Crippen LogP contribution in [0.3, 0.4) is 0 Å². The van der Waals surface area contributed by atoms with Gasteiger partial charge in [-0.15, -0.1) is 0 Å². The van der Waals surface area contributed by atoms with E-state index in [1.807, 2.05) is 60.5 Å². The predicted molar refractivity (Wildman–Crippen MR) is 332 cm³/mol. The van der Waals surface area contributed by atoms with E-state index >= 15 is 0 Å². The zero-order valence-corrected chi connectivity index (χ0v) is 54.4. The summed E-state index contributed by atoms with van der Waals surface area (Å²) in [5.74, 6) is 1.47. The quantitative estimate of drug-likeness (QED) is 0.0113. The van der Waals surface area contributed by atoms with Gasteiger partial charge in [0.2, 0.25) is 41.4 Å². The van der Waals surface area contributed by atoms with E-state index in [1.165, 1.54) is 19.3 Å². The molecular formula is C59H106N16O12. The minimum absolute atomic E-state index is 0.00134. The second-order valence-corrected chi connectivity index (χ2v) is 23.7. The van der Waals surface area contributed by atoms with Crippen molar-refractivity contribution < 1.29 is 57.3 Å². The summed E-state index contributed by atoms with van der Waals surface area (Å²) in [6, 6.07) is 1.00. The molecule has 28 nitrogen and oxygen atoms in total. The van der Waals surface area contributed by atoms with E-state index in [1.54, 1.807) is 68.9 Å². The molecule has 0 aliphatic carbocycles. The van der Waals surface area contributed by atoms with Crippen molar-refractivity contribution in [1.29, 1.82) is 0 Å². The van der Waals surface area contributed by atoms with Gasteiger partial charge >= 0.3 is 6.03 Å². The number of carbonyl (C=O) groups is 8. The first-order chi connectivity index (χ1) is 41.2. The van der Waals surface area contributed by atoms with Gasteiger partial charge in [0.05, 0.1) is 75.6 Å². The number of methoxy groups -OCH3 is 2. The van der Waals surface area contributed by atoms with Crippen LogP contribution < -0.4 is 48.9 Å². The average Bonchev–Trinajstić information content (AvgIpc) is 2.28. The molecule has 1 aromatic rings. The fourth-order valence-corrected chi connectivity index (χ4v) is 10.9. The van der Waals surface area contributed by atoms with E-state index in [0.717, 1.165) is 5.56 Å². The molecule has 0 saturated carbocycles. The monoisotopic (exact) mass is 1230 g/mol. The molecule has 0 spiro atoms. The van der Waals surface area contributed by atoms with Crippen LogP contribution >= 0.6 is 0 Å². The van der Waals surface area contributed by atoms with Crippen LogP contribution in [0.15, 0.2) is 29.4 Å². The van der Waals surface area contributed by atoms with Crippen LogP contribution in [0.5, 0.6) is 0 Å². The molecule has 1 aliphatic rings. The van der Waals surface area contributed by atoms with Crippen LogP contribution in [0.2, 0.25) is 0 Å². The molecule has 9 amide bonds. The summed E-state index contributed by atoms with van der Waals surface area (Å²) in [5, 5.41) is 22.1. The number of benzene rings is 1. The largest absolute Gasteiger partial charge is 0.379 e. The number of nitrogens with two attached hydrogens (primary N) is 2. The smallest absolute Gasteiger partial charge is 0.312 e. The number of anilines is 1. The molecule has 87 heavy (non-hydrogen) atoms. The molecule has 2 rings (SSSR count). The van der Waals surface area contributed by atoms with Crippen LogP contribution in [-0.4, -0.2) is 217 Å². The second-order valence-electron chi connectivity index (χ2n) is 23.7. The number of azide groups is 1. The van der Waals surface area contributed by atoms with E-state index in [-0.39, 0.29) is 99.8 Å². The molecule has 11 N–H and O–H groups in total. The SMILES string of the molecule is CC[C@H](C)[C@@H]([C@@H](CC(=O)N1CCC[C@H]1[C@H](OC)[C@@H](C)C(=O)N[C@H](CN=[N+]=[N-])Cc1ccc(NC(=O)[C@H](CCCNC(N)=O)NC(=O)[C@@H](NC(=O)CCOCCOCCN(N)NC)C(C)C)cc1)OC)N(C)C(=O)[C@@H](NC(=O)[C@H](C(C)C)N(C)C)C(C)C. The van der Waals surface area contributed by atoms with Crippen molar-refractivity contribution >= 4 is 53.1 Å². The molecule has 494 valence electrons. The Morgan fingerprint density at radius 3 is 2.00 bits per heavy atom. The van der Waals surface area contributed by atoms with Crippen LogP contribution in [0.1, 0.15) is 113 Å². The normalized spacial score (nSPS) is 16.8. The maximum atomic E-state index is 14.5. The van der Waals surface area contributed by atoms with Crippen molar-refractivity contribution in [2.24, 2.45) is 46.3 Å². The van der Waals surface area contributed by atoms with Gasteiger partial charge in [0.1, 0.15) is 18.1 Å². The number of hydrazine groups is 2. The van der Waals surface area contributed by atoms with Crippen LogP contribution in [0.25, 0.3) is 10.4 Å². The van der Waals surface area contributed by atoms with Gasteiger partial charge in [0.25, 0.3) is 0 Å². The first-order valence-electron chi connectivity index (χ1n) is 30.5. The number of nitrogens with one attached hydrogen (secondary N) is 7. The van der Waals surface area contributed by atoms with E-state index in [4.69, 9.17) is 30.5 Å². The average molecular weight is 1230 g/mol. The fraction of sp³-hybridized carbons (Fsp3) is 0.763. The van der Waals surface area contributed by atoms with Crippen molar-refractivity contribution in [3.05, 3.63) is 40.3 Å². The van der Waals surface area contributed by atoms with E-state index in [2.05, 4.69) is 47.4 Å². The molecule has 1 aromatic carbocycles. The molecule has 0 unspecified atom stereocenters. The summed E-state index contributed by atoms with van der Waals surface area (Å²) in [6.45, 7) is 18.9. The van der Waals surface area contributed by atoms with Crippen molar-refractivity contribution in [3.8, 4) is 0 Å². The number of amides is 9. The van der Waals surface area contributed by atoms with Gasteiger partial charge in [-0.3, -0.25) is 44.3 Å². The number of primary amides is 1. The van der Waals surface area contributed by atoms with Crippen molar-refractivity contribution in [2.75, 3.05) is 100 Å². The predicted octanol–water partition coefficient (Wildman–Crippen LogP) is 2.42. The Morgan fingerprint density at radius 1 is 0.805 bits per heavy atom. The number of hydrogen-bond donors (Lipinski definition) is 9. The molecule has 28 heteroatoms. The number of rotatable bonds is 42. The highest BCUT2D eigenvalue weighted by Crippen LogP contribution is 2.30. The van der Waals surface area contributed by atoms with Gasteiger partial charge in [-0.1, -0.05) is 86.0 Å². The summed E-state index contributed by atoms with van der Waals surface area (Å²) >= 11 is 0. The number of likely N-dealkylation sites (tertiary alicyclic amines) is 1. The minimum Gasteiger partial charge on any atom is -0.379 e. The Kier molecular flexibility index (Phi) is 35.6. The van der Waals surface area contributed by atoms with Crippen LogP contribution in [0.4, 0.5) is 10.5 Å². The Bertz CT molecular complexity index is 2340. The maximum absolute atomic E-state index is 14.5. The zero-order valence-electron chi connectivity index (χ0n) is 54.4. The summed E-state index contributed by atoms with van der Waals surface area (Å²) in [5.41, 5.74) is 18.4. The van der Waals surface area contributed by atoms with Crippen LogP contribution in [0, 0.1) is 29.6 Å². The van der Waals surface area contributed by atoms with Gasteiger partial charge in [0.15, 0.2) is 0 Å². The Hall–Kier alpha value is -6.23. The van der Waals surface area contributed by atoms with E-state index in [0.29, 0.717) is 51.3 Å². The molecule has 0 aromatic heterocycles. The van der Waals surface area contributed by atoms with Crippen molar-refractivity contribution in [3.63, 3.8) is 0 Å². The lowest BCUT2D eigenvalue weighted by molar-refractivity contribution is -0.148. The number of urea groups is 1. The Labute approximate surface area is 515 Å². The highest BCUT2D eigenvalue weighted by atomic mass is 16.5. The lowest BCUT2D eigenvalue weighted by Gasteiger charge is -2.41. The highest BCUT2D eigenvalue weighted by molar-refractivity contribution is 5.98. The number of nitrogens with zero attached hydrogens (tertiary/aromatic N) is 7. The molecule has 0 radical (unpaired) electrons. The van der Waals surface area contributed by atoms with Crippen LogP contribution in [-0.2, 0) is 58.9 Å². The zero-order chi connectivity index (χ0) is 65.5. The van der Waals surface area contributed by atoms with Gasteiger partial charge in [-0.05, 0) is 93.1 Å². The Balaban J connectivity index is 2.22. The summed E-state index contributed by atoms with van der Waals surface area (Å²) in [7, 11) is 10.1. The second kappa shape index (κ2) is 40.3. The highest BCUT2D eigenvalue weighted by Gasteiger charge is 2.43.